The maximum Gasteiger partial charge on any atom is 0.0401 e. The zero-order chi connectivity index (χ0) is 13.2. The van der Waals surface area contributed by atoms with Gasteiger partial charge in [-0.1, -0.05) is 12.1 Å². The van der Waals surface area contributed by atoms with E-state index in [4.69, 9.17) is 0 Å². The van der Waals surface area contributed by atoms with Gasteiger partial charge in [0.15, 0.2) is 0 Å². The van der Waals surface area contributed by atoms with Gasteiger partial charge in [-0.2, -0.15) is 0 Å². The number of pyridine rings is 1. The van der Waals surface area contributed by atoms with Gasteiger partial charge in [0.1, 0.15) is 0 Å². The fraction of sp³-hybridized carbons (Fsp3) is 0.353. The minimum Gasteiger partial charge on any atom is -0.369 e. The van der Waals surface area contributed by atoms with Crippen LogP contribution in [-0.4, -0.2) is 17.6 Å². The average Bonchev–Trinajstić information content (AvgIpc) is 2.47. The second-order valence-electron chi connectivity index (χ2n) is 5.48. The molecule has 0 unspecified atom stereocenters. The number of hydrogen-bond donors (Lipinski definition) is 0. The Labute approximate surface area is 115 Å². The van der Waals surface area contributed by atoms with Crippen LogP contribution in [0.2, 0.25) is 0 Å². The first kappa shape index (κ1) is 12.2. The lowest BCUT2D eigenvalue weighted by Crippen LogP contribution is -2.35. The molecule has 2 nitrogen and oxygen atoms in total. The lowest BCUT2D eigenvalue weighted by atomic mass is 9.96. The summed E-state index contributed by atoms with van der Waals surface area (Å²) in [7, 11) is 0. The number of aryl methyl sites for hydroxylation is 1. The Morgan fingerprint density at radius 1 is 1.16 bits per heavy atom. The Morgan fingerprint density at radius 2 is 2.05 bits per heavy atom. The van der Waals surface area contributed by atoms with E-state index in [0.717, 1.165) is 0 Å². The van der Waals surface area contributed by atoms with E-state index in [0.29, 0.717) is 6.04 Å². The molecule has 0 radical (unpaired) electrons. The lowest BCUT2D eigenvalue weighted by molar-refractivity contribution is 0.626. The predicted octanol–water partition coefficient (Wildman–Crippen LogP) is 3.91. The van der Waals surface area contributed by atoms with Gasteiger partial charge in [-0.25, -0.2) is 0 Å². The predicted molar refractivity (Wildman–Crippen MR) is 80.5 cm³/mol. The molecule has 0 amide bonds. The second-order valence-corrected chi connectivity index (χ2v) is 5.48. The molecule has 3 rings (SSSR count). The zero-order valence-electron chi connectivity index (χ0n) is 11.6. The molecule has 0 spiro atoms. The molecule has 1 aromatic carbocycles. The molecule has 0 saturated heterocycles. The third-order valence-electron chi connectivity index (χ3n) is 3.85. The Hall–Kier alpha value is -1.83. The maximum atomic E-state index is 4.21. The number of anilines is 1. The fourth-order valence-electron chi connectivity index (χ4n) is 2.88. The largest absolute Gasteiger partial charge is 0.369 e. The lowest BCUT2D eigenvalue weighted by Gasteiger charge is -2.35. The molecule has 98 valence electrons. The van der Waals surface area contributed by atoms with Gasteiger partial charge < -0.3 is 4.90 Å². The van der Waals surface area contributed by atoms with E-state index in [9.17, 15) is 0 Å². The standard InChI is InChI=1S/C17H20N2/c1-13(2)19-10-4-6-15-11-14(7-8-17(15)19)16-5-3-9-18-12-16/h3,5,7-9,11-13H,4,6,10H2,1-2H3. The van der Waals surface area contributed by atoms with Crippen molar-refractivity contribution in [2.24, 2.45) is 0 Å². The van der Waals surface area contributed by atoms with Crippen LogP contribution in [0.5, 0.6) is 0 Å². The molecule has 0 fully saturated rings. The van der Waals surface area contributed by atoms with E-state index in [-0.39, 0.29) is 0 Å². The fourth-order valence-corrected chi connectivity index (χ4v) is 2.88. The molecule has 2 heterocycles. The third kappa shape index (κ3) is 2.35. The van der Waals surface area contributed by atoms with E-state index >= 15 is 0 Å². The summed E-state index contributed by atoms with van der Waals surface area (Å²) in [6.45, 7) is 5.71. The van der Waals surface area contributed by atoms with Crippen molar-refractivity contribution in [3.63, 3.8) is 0 Å². The molecular formula is C17H20N2. The van der Waals surface area contributed by atoms with Gasteiger partial charge in [-0.3, -0.25) is 4.98 Å². The molecular weight excluding hydrogens is 232 g/mol. The highest BCUT2D eigenvalue weighted by Crippen LogP contribution is 2.32. The van der Waals surface area contributed by atoms with Crippen LogP contribution in [0.25, 0.3) is 11.1 Å². The molecule has 1 aromatic heterocycles. The summed E-state index contributed by atoms with van der Waals surface area (Å²) >= 11 is 0. The van der Waals surface area contributed by atoms with Gasteiger partial charge in [0.05, 0.1) is 0 Å². The highest BCUT2D eigenvalue weighted by atomic mass is 15.2. The second kappa shape index (κ2) is 5.04. The normalized spacial score (nSPS) is 14.6. The monoisotopic (exact) mass is 252 g/mol. The summed E-state index contributed by atoms with van der Waals surface area (Å²) in [6, 6.07) is 11.5. The van der Waals surface area contributed by atoms with E-state index in [1.165, 1.54) is 41.8 Å². The summed E-state index contributed by atoms with van der Waals surface area (Å²) in [5.74, 6) is 0. The van der Waals surface area contributed by atoms with Crippen molar-refractivity contribution in [1.29, 1.82) is 0 Å². The molecule has 0 saturated carbocycles. The topological polar surface area (TPSA) is 16.1 Å². The summed E-state index contributed by atoms with van der Waals surface area (Å²) in [4.78, 5) is 6.71. The Morgan fingerprint density at radius 3 is 2.79 bits per heavy atom. The van der Waals surface area contributed by atoms with Crippen molar-refractivity contribution in [2.75, 3.05) is 11.4 Å². The third-order valence-corrected chi connectivity index (χ3v) is 3.85. The molecule has 19 heavy (non-hydrogen) atoms. The number of aromatic nitrogens is 1. The Kier molecular flexibility index (Phi) is 3.24. The van der Waals surface area contributed by atoms with Crippen LogP contribution < -0.4 is 4.90 Å². The first-order valence-electron chi connectivity index (χ1n) is 7.05. The maximum absolute atomic E-state index is 4.21. The van der Waals surface area contributed by atoms with Crippen LogP contribution in [0.1, 0.15) is 25.8 Å². The SMILES string of the molecule is CC(C)N1CCCc2cc(-c3cccnc3)ccc21. The van der Waals surface area contributed by atoms with Gasteiger partial charge in [0, 0.05) is 30.7 Å². The first-order chi connectivity index (χ1) is 9.25. The highest BCUT2D eigenvalue weighted by Gasteiger charge is 2.19. The number of hydrogen-bond acceptors (Lipinski definition) is 2. The van der Waals surface area contributed by atoms with Crippen molar-refractivity contribution in [3.8, 4) is 11.1 Å². The quantitative estimate of drug-likeness (QED) is 0.805. The van der Waals surface area contributed by atoms with E-state index in [2.05, 4.69) is 48.0 Å². The number of fused-ring (bicyclic) bond motifs is 1. The van der Waals surface area contributed by atoms with Gasteiger partial charge in [-0.05, 0) is 61.6 Å². The van der Waals surface area contributed by atoms with E-state index < -0.39 is 0 Å². The van der Waals surface area contributed by atoms with Crippen LogP contribution in [0.3, 0.4) is 0 Å². The summed E-state index contributed by atoms with van der Waals surface area (Å²) in [5, 5.41) is 0. The first-order valence-corrected chi connectivity index (χ1v) is 7.05. The Bertz CT molecular complexity index is 561. The minimum atomic E-state index is 0.572. The molecule has 2 heteroatoms. The molecule has 0 N–H and O–H groups in total. The molecule has 1 aliphatic rings. The summed E-state index contributed by atoms with van der Waals surface area (Å²) < 4.78 is 0. The smallest absolute Gasteiger partial charge is 0.0401 e. The molecule has 0 aliphatic carbocycles. The zero-order valence-corrected chi connectivity index (χ0v) is 11.6. The molecule has 1 aliphatic heterocycles. The number of nitrogens with zero attached hydrogens (tertiary/aromatic N) is 2. The van der Waals surface area contributed by atoms with Gasteiger partial charge in [0.2, 0.25) is 0 Å². The Balaban J connectivity index is 2.00. The van der Waals surface area contributed by atoms with Crippen LogP contribution in [0.4, 0.5) is 5.69 Å². The number of rotatable bonds is 2. The van der Waals surface area contributed by atoms with E-state index in [1.807, 2.05) is 18.5 Å². The molecule has 0 atom stereocenters. The highest BCUT2D eigenvalue weighted by molar-refractivity contribution is 5.69. The summed E-state index contributed by atoms with van der Waals surface area (Å²) in [5.41, 5.74) is 5.36. The van der Waals surface area contributed by atoms with Crippen molar-refractivity contribution in [3.05, 3.63) is 48.3 Å². The van der Waals surface area contributed by atoms with Crippen LogP contribution in [-0.2, 0) is 6.42 Å². The average molecular weight is 252 g/mol. The van der Waals surface area contributed by atoms with Crippen LogP contribution in [0, 0.1) is 0 Å². The molecule has 0 bridgehead atoms. The number of benzene rings is 1. The van der Waals surface area contributed by atoms with Crippen LogP contribution in [0.15, 0.2) is 42.7 Å². The van der Waals surface area contributed by atoms with E-state index in [1.54, 1.807) is 0 Å². The molecule has 2 aromatic rings. The van der Waals surface area contributed by atoms with Gasteiger partial charge in [0.25, 0.3) is 0 Å². The van der Waals surface area contributed by atoms with Crippen molar-refractivity contribution < 1.29 is 0 Å². The van der Waals surface area contributed by atoms with Crippen molar-refractivity contribution in [2.45, 2.75) is 32.7 Å². The van der Waals surface area contributed by atoms with Gasteiger partial charge >= 0.3 is 0 Å². The summed E-state index contributed by atoms with van der Waals surface area (Å²) in [6.07, 6.45) is 6.20. The van der Waals surface area contributed by atoms with Crippen LogP contribution >= 0.6 is 0 Å². The minimum absolute atomic E-state index is 0.572. The van der Waals surface area contributed by atoms with Crippen molar-refractivity contribution in [1.82, 2.24) is 4.98 Å². The van der Waals surface area contributed by atoms with Crippen molar-refractivity contribution >= 4 is 5.69 Å². The van der Waals surface area contributed by atoms with Gasteiger partial charge in [-0.15, -0.1) is 0 Å².